The van der Waals surface area contributed by atoms with E-state index in [1.54, 1.807) is 14.2 Å². The fourth-order valence-electron chi connectivity index (χ4n) is 2.00. The topological polar surface area (TPSA) is 84.0 Å². The van der Waals surface area contributed by atoms with Gasteiger partial charge in [0.05, 0.1) is 13.2 Å². The van der Waals surface area contributed by atoms with E-state index in [2.05, 4.69) is 20.9 Å². The Bertz CT molecular complexity index is 574. The lowest BCUT2D eigenvalue weighted by molar-refractivity contribution is -0.120. The summed E-state index contributed by atoms with van der Waals surface area (Å²) in [6, 6.07) is 7.86. The highest BCUT2D eigenvalue weighted by molar-refractivity contribution is 14.0. The van der Waals surface area contributed by atoms with Crippen molar-refractivity contribution < 1.29 is 14.3 Å². The van der Waals surface area contributed by atoms with E-state index in [1.807, 2.05) is 45.0 Å². The molecule has 1 aromatic carbocycles. The molecule has 0 radical (unpaired) electrons. The van der Waals surface area contributed by atoms with Crippen molar-refractivity contribution in [3.63, 3.8) is 0 Å². The van der Waals surface area contributed by atoms with E-state index < -0.39 is 0 Å². The molecule has 0 saturated heterocycles. The first-order valence-corrected chi connectivity index (χ1v) is 8.33. The number of amides is 1. The minimum atomic E-state index is -0.268. The zero-order valence-electron chi connectivity index (χ0n) is 16.2. The molecule has 0 aliphatic rings. The number of rotatable bonds is 8. The second-order valence-electron chi connectivity index (χ2n) is 6.44. The van der Waals surface area contributed by atoms with Crippen LogP contribution in [0, 0.1) is 0 Å². The van der Waals surface area contributed by atoms with Gasteiger partial charge in [0.25, 0.3) is 0 Å². The number of ether oxygens (including phenoxy) is 2. The van der Waals surface area contributed by atoms with E-state index in [0.717, 1.165) is 11.3 Å². The lowest BCUT2D eigenvalue weighted by Crippen LogP contribution is -2.43. The van der Waals surface area contributed by atoms with Crippen LogP contribution in [0.3, 0.4) is 0 Å². The van der Waals surface area contributed by atoms with Crippen LogP contribution in [0.5, 0.6) is 5.75 Å². The third-order valence-electron chi connectivity index (χ3n) is 3.10. The number of guanidine groups is 1. The lowest BCUT2D eigenvalue weighted by Gasteiger charge is -2.23. The predicted octanol–water partition coefficient (Wildman–Crippen LogP) is 1.91. The fraction of sp³-hybridized carbons (Fsp3) is 0.556. The summed E-state index contributed by atoms with van der Waals surface area (Å²) < 4.78 is 10.9. The highest BCUT2D eigenvalue weighted by atomic mass is 127. The molecule has 7 nitrogen and oxygen atoms in total. The standard InChI is InChI=1S/C18H30N4O3.HI/c1-18(2,3)25-15-9-7-6-8-14(15)12-21-17(19-4)22-13-16(23)20-10-11-24-5;/h6-9H,10-13H2,1-5H3,(H,20,23)(H2,19,21,22);1H. The Kier molecular flexibility index (Phi) is 12.0. The maximum Gasteiger partial charge on any atom is 0.239 e. The van der Waals surface area contributed by atoms with Crippen LogP contribution in [-0.2, 0) is 16.1 Å². The Hall–Kier alpha value is -1.55. The molecule has 0 aliphatic carbocycles. The lowest BCUT2D eigenvalue weighted by atomic mass is 10.1. The summed E-state index contributed by atoms with van der Waals surface area (Å²) in [5.41, 5.74) is 0.751. The van der Waals surface area contributed by atoms with Gasteiger partial charge in [-0.15, -0.1) is 24.0 Å². The minimum Gasteiger partial charge on any atom is -0.488 e. The van der Waals surface area contributed by atoms with Crippen LogP contribution in [0.2, 0.25) is 0 Å². The molecular formula is C18H31IN4O3. The summed E-state index contributed by atoms with van der Waals surface area (Å²) in [4.78, 5) is 15.8. The first kappa shape index (κ1) is 24.5. The van der Waals surface area contributed by atoms with Crippen molar-refractivity contribution in [3.8, 4) is 5.75 Å². The number of halogens is 1. The van der Waals surface area contributed by atoms with Gasteiger partial charge in [-0.3, -0.25) is 9.79 Å². The zero-order valence-corrected chi connectivity index (χ0v) is 18.5. The molecule has 0 aromatic heterocycles. The largest absolute Gasteiger partial charge is 0.488 e. The maximum atomic E-state index is 11.7. The fourth-order valence-corrected chi connectivity index (χ4v) is 2.00. The summed E-state index contributed by atoms with van der Waals surface area (Å²) in [5.74, 6) is 1.26. The van der Waals surface area contributed by atoms with Crippen molar-refractivity contribution in [3.05, 3.63) is 29.8 Å². The molecule has 1 amide bonds. The molecule has 0 unspecified atom stereocenters. The second kappa shape index (κ2) is 12.7. The molecule has 1 aromatic rings. The minimum absolute atomic E-state index is 0. The molecule has 0 atom stereocenters. The van der Waals surface area contributed by atoms with Crippen molar-refractivity contribution in [1.29, 1.82) is 0 Å². The third-order valence-corrected chi connectivity index (χ3v) is 3.10. The van der Waals surface area contributed by atoms with Crippen LogP contribution in [-0.4, -0.2) is 51.3 Å². The van der Waals surface area contributed by atoms with Crippen molar-refractivity contribution in [2.75, 3.05) is 33.9 Å². The molecule has 0 saturated carbocycles. The average Bonchev–Trinajstić information content (AvgIpc) is 2.55. The van der Waals surface area contributed by atoms with E-state index in [9.17, 15) is 4.79 Å². The Morgan fingerprint density at radius 3 is 2.46 bits per heavy atom. The second-order valence-corrected chi connectivity index (χ2v) is 6.44. The molecule has 1 rings (SSSR count). The van der Waals surface area contributed by atoms with Crippen LogP contribution in [0.1, 0.15) is 26.3 Å². The van der Waals surface area contributed by atoms with Gasteiger partial charge in [-0.05, 0) is 26.8 Å². The highest BCUT2D eigenvalue weighted by Gasteiger charge is 2.14. The van der Waals surface area contributed by atoms with Gasteiger partial charge in [-0.25, -0.2) is 0 Å². The van der Waals surface area contributed by atoms with Gasteiger partial charge >= 0.3 is 0 Å². The molecule has 0 bridgehead atoms. The molecule has 0 fully saturated rings. The number of carbonyl (C=O) groups excluding carboxylic acids is 1. The predicted molar refractivity (Wildman–Crippen MR) is 115 cm³/mol. The summed E-state index contributed by atoms with van der Waals surface area (Å²) >= 11 is 0. The van der Waals surface area contributed by atoms with Gasteiger partial charge in [-0.1, -0.05) is 18.2 Å². The average molecular weight is 478 g/mol. The Labute approximate surface area is 173 Å². The van der Waals surface area contributed by atoms with Gasteiger partial charge in [0.1, 0.15) is 11.4 Å². The first-order chi connectivity index (χ1) is 11.9. The number of benzene rings is 1. The van der Waals surface area contributed by atoms with Crippen molar-refractivity contribution >= 4 is 35.8 Å². The molecule has 26 heavy (non-hydrogen) atoms. The van der Waals surface area contributed by atoms with Gasteiger partial charge in [-0.2, -0.15) is 0 Å². The Morgan fingerprint density at radius 1 is 1.15 bits per heavy atom. The molecular weight excluding hydrogens is 447 g/mol. The van der Waals surface area contributed by atoms with E-state index in [4.69, 9.17) is 9.47 Å². The van der Waals surface area contributed by atoms with Crippen LogP contribution in [0.25, 0.3) is 0 Å². The number of nitrogens with zero attached hydrogens (tertiary/aromatic N) is 1. The van der Waals surface area contributed by atoms with E-state index in [0.29, 0.717) is 25.7 Å². The van der Waals surface area contributed by atoms with Gasteiger partial charge < -0.3 is 25.4 Å². The zero-order chi connectivity index (χ0) is 18.7. The number of aliphatic imine (C=N–C) groups is 1. The molecule has 0 heterocycles. The number of methoxy groups -OCH3 is 1. The number of hydrogen-bond donors (Lipinski definition) is 3. The highest BCUT2D eigenvalue weighted by Crippen LogP contribution is 2.22. The Morgan fingerprint density at radius 2 is 1.85 bits per heavy atom. The Balaban J connectivity index is 0.00000625. The molecule has 8 heteroatoms. The van der Waals surface area contributed by atoms with Crippen LogP contribution in [0.4, 0.5) is 0 Å². The number of hydrogen-bond acceptors (Lipinski definition) is 4. The molecule has 0 spiro atoms. The summed E-state index contributed by atoms with van der Waals surface area (Å²) in [5, 5.41) is 8.91. The van der Waals surface area contributed by atoms with Crippen molar-refractivity contribution in [1.82, 2.24) is 16.0 Å². The normalized spacial score (nSPS) is 11.3. The van der Waals surface area contributed by atoms with E-state index in [-0.39, 0.29) is 42.0 Å². The SMILES string of the molecule is CN=C(NCC(=O)NCCOC)NCc1ccccc1OC(C)(C)C.I. The number of nitrogens with one attached hydrogen (secondary N) is 3. The van der Waals surface area contributed by atoms with E-state index >= 15 is 0 Å². The third kappa shape index (κ3) is 10.4. The number of carbonyl (C=O) groups is 1. The van der Waals surface area contributed by atoms with Gasteiger partial charge in [0.15, 0.2) is 5.96 Å². The molecule has 3 N–H and O–H groups in total. The van der Waals surface area contributed by atoms with Gasteiger partial charge in [0.2, 0.25) is 5.91 Å². The van der Waals surface area contributed by atoms with E-state index in [1.165, 1.54) is 0 Å². The van der Waals surface area contributed by atoms with Crippen LogP contribution in [0.15, 0.2) is 29.3 Å². The van der Waals surface area contributed by atoms with Crippen molar-refractivity contribution in [2.45, 2.75) is 32.9 Å². The monoisotopic (exact) mass is 478 g/mol. The van der Waals surface area contributed by atoms with Crippen LogP contribution >= 0.6 is 24.0 Å². The maximum absolute atomic E-state index is 11.7. The van der Waals surface area contributed by atoms with Crippen LogP contribution < -0.4 is 20.7 Å². The van der Waals surface area contributed by atoms with Gasteiger partial charge in [0, 0.05) is 32.8 Å². The summed E-state index contributed by atoms with van der Waals surface area (Å²) in [7, 11) is 3.26. The number of para-hydroxylation sites is 1. The molecule has 0 aliphatic heterocycles. The smallest absolute Gasteiger partial charge is 0.239 e. The quantitative estimate of drug-likeness (QED) is 0.230. The van der Waals surface area contributed by atoms with Crippen molar-refractivity contribution in [2.24, 2.45) is 4.99 Å². The first-order valence-electron chi connectivity index (χ1n) is 8.33. The summed E-state index contributed by atoms with van der Waals surface area (Å²) in [6.45, 7) is 7.70. The molecule has 148 valence electrons. The summed E-state index contributed by atoms with van der Waals surface area (Å²) in [6.07, 6.45) is 0.